The Balaban J connectivity index is 1.49. The molecular weight excluding hydrogens is 410 g/mol. The molecule has 0 unspecified atom stereocenters. The van der Waals surface area contributed by atoms with Crippen LogP contribution >= 0.6 is 0 Å². The number of carbonyl (C=O) groups excluding carboxylic acids is 1. The van der Waals surface area contributed by atoms with Gasteiger partial charge in [-0.2, -0.15) is 4.31 Å². The number of nitrogens with zero attached hydrogens (tertiary/aromatic N) is 3. The quantitative estimate of drug-likeness (QED) is 0.628. The number of fused-ring (bicyclic) bond motifs is 1. The van der Waals surface area contributed by atoms with Crippen LogP contribution in [0.25, 0.3) is 17.0 Å². The maximum absolute atomic E-state index is 13.3. The third-order valence-electron chi connectivity index (χ3n) is 5.44. The number of sulfonamides is 1. The lowest BCUT2D eigenvalue weighted by molar-refractivity contribution is 0.0700. The Morgan fingerprint density at radius 1 is 0.968 bits per heavy atom. The minimum Gasteiger partial charge on any atom is -0.336 e. The molecule has 1 amide bonds. The number of piperazine rings is 1. The molecule has 0 aliphatic carbocycles. The second-order valence-electron chi connectivity index (χ2n) is 7.78. The first-order valence-electron chi connectivity index (χ1n) is 10.2. The molecule has 160 valence electrons. The highest BCUT2D eigenvalue weighted by Gasteiger charge is 2.28. The first kappa shape index (κ1) is 21.2. The third kappa shape index (κ3) is 4.68. The van der Waals surface area contributed by atoms with Crippen molar-refractivity contribution >= 4 is 32.9 Å². The molecule has 0 saturated carbocycles. The molecule has 0 spiro atoms. The zero-order valence-electron chi connectivity index (χ0n) is 17.7. The van der Waals surface area contributed by atoms with Gasteiger partial charge in [-0.15, -0.1) is 0 Å². The van der Waals surface area contributed by atoms with E-state index in [1.54, 1.807) is 11.0 Å². The van der Waals surface area contributed by atoms with E-state index in [2.05, 4.69) is 4.98 Å². The highest BCUT2D eigenvalue weighted by molar-refractivity contribution is 7.92. The predicted octanol–water partition coefficient (Wildman–Crippen LogP) is 3.61. The number of hydrogen-bond donors (Lipinski definition) is 0. The molecule has 7 heteroatoms. The van der Waals surface area contributed by atoms with Crippen LogP contribution in [0.15, 0.2) is 60.0 Å². The normalized spacial score (nSPS) is 15.6. The smallest absolute Gasteiger partial charge is 0.254 e. The van der Waals surface area contributed by atoms with Crippen molar-refractivity contribution in [3.8, 4) is 0 Å². The van der Waals surface area contributed by atoms with Gasteiger partial charge < -0.3 is 4.90 Å². The van der Waals surface area contributed by atoms with Crippen LogP contribution in [-0.2, 0) is 10.0 Å². The standard InChI is InChI=1S/C24H25N3O3S/c1-18-8-9-23-21(16-18)22(17-19(2)25-23)24(28)26-11-13-27(14-12-26)31(29,30)15-10-20-6-4-3-5-7-20/h3-10,15-17H,11-14H2,1-2H3. The van der Waals surface area contributed by atoms with Gasteiger partial charge in [-0.05, 0) is 43.7 Å². The van der Waals surface area contributed by atoms with E-state index in [4.69, 9.17) is 0 Å². The van der Waals surface area contributed by atoms with Crippen molar-refractivity contribution in [2.24, 2.45) is 0 Å². The summed E-state index contributed by atoms with van der Waals surface area (Å²) in [6.07, 6.45) is 1.60. The van der Waals surface area contributed by atoms with E-state index < -0.39 is 10.0 Å². The summed E-state index contributed by atoms with van der Waals surface area (Å²) in [7, 11) is -3.54. The van der Waals surface area contributed by atoms with Crippen molar-refractivity contribution in [2.45, 2.75) is 13.8 Å². The number of aryl methyl sites for hydroxylation is 2. The molecule has 0 atom stereocenters. The van der Waals surface area contributed by atoms with Crippen LogP contribution in [0.5, 0.6) is 0 Å². The number of benzene rings is 2. The van der Waals surface area contributed by atoms with E-state index in [0.29, 0.717) is 18.7 Å². The van der Waals surface area contributed by atoms with Crippen LogP contribution in [-0.4, -0.2) is 54.7 Å². The summed E-state index contributed by atoms with van der Waals surface area (Å²) in [5.74, 6) is -0.0852. The molecular formula is C24H25N3O3S. The maximum Gasteiger partial charge on any atom is 0.254 e. The van der Waals surface area contributed by atoms with Gasteiger partial charge in [0.25, 0.3) is 5.91 Å². The Morgan fingerprint density at radius 3 is 2.39 bits per heavy atom. The van der Waals surface area contributed by atoms with Crippen LogP contribution in [0.3, 0.4) is 0 Å². The molecule has 1 aliphatic heterocycles. The monoisotopic (exact) mass is 435 g/mol. The summed E-state index contributed by atoms with van der Waals surface area (Å²) in [6, 6.07) is 17.0. The van der Waals surface area contributed by atoms with Gasteiger partial charge >= 0.3 is 0 Å². The highest BCUT2D eigenvalue weighted by atomic mass is 32.2. The number of aromatic nitrogens is 1. The van der Waals surface area contributed by atoms with Gasteiger partial charge in [0.15, 0.2) is 0 Å². The van der Waals surface area contributed by atoms with Crippen molar-refractivity contribution in [3.63, 3.8) is 0 Å². The first-order chi connectivity index (χ1) is 14.8. The molecule has 31 heavy (non-hydrogen) atoms. The SMILES string of the molecule is Cc1ccc2nc(C)cc(C(=O)N3CCN(S(=O)(=O)C=Cc4ccccc4)CC3)c2c1. The Bertz CT molecular complexity index is 1250. The fourth-order valence-electron chi connectivity index (χ4n) is 3.78. The van der Waals surface area contributed by atoms with Crippen LogP contribution in [0.4, 0.5) is 0 Å². The molecule has 2 heterocycles. The minimum absolute atomic E-state index is 0.0852. The minimum atomic E-state index is -3.54. The van der Waals surface area contributed by atoms with Gasteiger partial charge in [0.2, 0.25) is 10.0 Å². The topological polar surface area (TPSA) is 70.6 Å². The average molecular weight is 436 g/mol. The Kier molecular flexibility index (Phi) is 5.89. The zero-order chi connectivity index (χ0) is 22.0. The number of pyridine rings is 1. The fourth-order valence-corrected chi connectivity index (χ4v) is 4.95. The molecule has 1 saturated heterocycles. The van der Waals surface area contributed by atoms with Crippen LogP contribution in [0.2, 0.25) is 0 Å². The van der Waals surface area contributed by atoms with Crippen LogP contribution in [0.1, 0.15) is 27.2 Å². The number of carbonyl (C=O) groups is 1. The van der Waals surface area contributed by atoms with Gasteiger partial charge in [0, 0.05) is 42.7 Å². The van der Waals surface area contributed by atoms with E-state index in [1.807, 2.05) is 68.4 Å². The van der Waals surface area contributed by atoms with Crippen molar-refractivity contribution in [3.05, 3.63) is 82.4 Å². The van der Waals surface area contributed by atoms with Crippen molar-refractivity contribution in [1.82, 2.24) is 14.2 Å². The van der Waals surface area contributed by atoms with Crippen LogP contribution in [0, 0.1) is 13.8 Å². The van der Waals surface area contributed by atoms with Gasteiger partial charge in [-0.1, -0.05) is 42.0 Å². The molecule has 0 bridgehead atoms. The van der Waals surface area contributed by atoms with Crippen LogP contribution < -0.4 is 0 Å². The number of amides is 1. The molecule has 0 radical (unpaired) electrons. The van der Waals surface area contributed by atoms with E-state index >= 15 is 0 Å². The fraction of sp³-hybridized carbons (Fsp3) is 0.250. The zero-order valence-corrected chi connectivity index (χ0v) is 18.5. The second-order valence-corrected chi connectivity index (χ2v) is 9.60. The van der Waals surface area contributed by atoms with E-state index in [1.165, 1.54) is 9.71 Å². The van der Waals surface area contributed by atoms with E-state index in [0.717, 1.165) is 27.7 Å². The van der Waals surface area contributed by atoms with Gasteiger partial charge in [0.1, 0.15) is 0 Å². The summed E-state index contributed by atoms with van der Waals surface area (Å²) >= 11 is 0. The lowest BCUT2D eigenvalue weighted by Crippen LogP contribution is -2.50. The second kappa shape index (κ2) is 8.61. The summed E-state index contributed by atoms with van der Waals surface area (Å²) in [5, 5.41) is 2.07. The Hall–Kier alpha value is -3.03. The number of hydrogen-bond acceptors (Lipinski definition) is 4. The summed E-state index contributed by atoms with van der Waals surface area (Å²) in [5.41, 5.74) is 4.09. The Morgan fingerprint density at radius 2 is 1.68 bits per heavy atom. The lowest BCUT2D eigenvalue weighted by Gasteiger charge is -2.33. The number of rotatable bonds is 4. The highest BCUT2D eigenvalue weighted by Crippen LogP contribution is 2.22. The predicted molar refractivity (Wildman–Crippen MR) is 123 cm³/mol. The van der Waals surface area contributed by atoms with Crippen molar-refractivity contribution in [2.75, 3.05) is 26.2 Å². The van der Waals surface area contributed by atoms with Crippen molar-refractivity contribution < 1.29 is 13.2 Å². The molecule has 2 aromatic carbocycles. The average Bonchev–Trinajstić information content (AvgIpc) is 2.78. The third-order valence-corrected chi connectivity index (χ3v) is 7.01. The molecule has 4 rings (SSSR count). The lowest BCUT2D eigenvalue weighted by atomic mass is 10.0. The summed E-state index contributed by atoms with van der Waals surface area (Å²) in [6.45, 7) is 5.11. The molecule has 1 fully saturated rings. The molecule has 1 aliphatic rings. The van der Waals surface area contributed by atoms with E-state index in [9.17, 15) is 13.2 Å². The summed E-state index contributed by atoms with van der Waals surface area (Å²) < 4.78 is 26.8. The molecule has 0 N–H and O–H groups in total. The van der Waals surface area contributed by atoms with Gasteiger partial charge in [-0.25, -0.2) is 8.42 Å². The molecule has 1 aromatic heterocycles. The maximum atomic E-state index is 13.3. The van der Waals surface area contributed by atoms with Gasteiger partial charge in [-0.3, -0.25) is 9.78 Å². The van der Waals surface area contributed by atoms with Crippen molar-refractivity contribution in [1.29, 1.82) is 0 Å². The largest absolute Gasteiger partial charge is 0.336 e. The van der Waals surface area contributed by atoms with E-state index in [-0.39, 0.29) is 19.0 Å². The molecule has 3 aromatic rings. The summed E-state index contributed by atoms with van der Waals surface area (Å²) in [4.78, 5) is 19.5. The Labute approximate surface area is 182 Å². The first-order valence-corrected chi connectivity index (χ1v) is 11.7. The van der Waals surface area contributed by atoms with Gasteiger partial charge in [0.05, 0.1) is 11.1 Å². The molecule has 6 nitrogen and oxygen atoms in total.